The van der Waals surface area contributed by atoms with Crippen LogP contribution in [-0.4, -0.2) is 33.2 Å². The van der Waals surface area contributed by atoms with Crippen LogP contribution in [0.5, 0.6) is 11.5 Å². The molecule has 156 valence electrons. The van der Waals surface area contributed by atoms with Gasteiger partial charge in [-0.25, -0.2) is 0 Å². The Morgan fingerprint density at radius 3 is 2.61 bits per heavy atom. The number of alkyl halides is 3. The molecule has 2 fully saturated rings. The summed E-state index contributed by atoms with van der Waals surface area (Å²) < 4.78 is 76.6. The second kappa shape index (κ2) is 6.52. The molecule has 0 spiro atoms. The standard InChI is InChI=1S/C19H23F3O5S/c1-18-7-5-12-13(15(18)6-8-26-18)4-3-11-9-17(16(25-2)10-14(11)12)27-28(23,24)19(20,21)22/h9-10,12-13,15H,3-8H2,1-2H3/t12?,13?,15?,18-/m0/s1. The van der Waals surface area contributed by atoms with Gasteiger partial charge >= 0.3 is 15.6 Å². The Kier molecular flexibility index (Phi) is 4.61. The number of methoxy groups -OCH3 is 1. The van der Waals surface area contributed by atoms with Crippen LogP contribution >= 0.6 is 0 Å². The van der Waals surface area contributed by atoms with Gasteiger partial charge < -0.3 is 13.7 Å². The highest BCUT2D eigenvalue weighted by atomic mass is 32.2. The number of benzene rings is 1. The molecule has 1 aromatic carbocycles. The molecule has 0 aromatic heterocycles. The summed E-state index contributed by atoms with van der Waals surface area (Å²) in [4.78, 5) is 0. The van der Waals surface area contributed by atoms with Crippen LogP contribution in [0, 0.1) is 11.8 Å². The number of aryl methyl sites for hydroxylation is 1. The molecule has 3 unspecified atom stereocenters. The van der Waals surface area contributed by atoms with Crippen LogP contribution in [0.15, 0.2) is 12.1 Å². The minimum Gasteiger partial charge on any atom is -0.493 e. The molecule has 4 atom stereocenters. The lowest BCUT2D eigenvalue weighted by Crippen LogP contribution is -2.44. The number of hydrogen-bond donors (Lipinski definition) is 0. The van der Waals surface area contributed by atoms with Crippen molar-refractivity contribution in [3.8, 4) is 11.5 Å². The fraction of sp³-hybridized carbons (Fsp3) is 0.684. The molecule has 9 heteroatoms. The van der Waals surface area contributed by atoms with Crippen LogP contribution in [0.4, 0.5) is 13.2 Å². The third-order valence-corrected chi connectivity index (χ3v) is 7.65. The number of ether oxygens (including phenoxy) is 2. The molecule has 1 aromatic rings. The number of hydrogen-bond acceptors (Lipinski definition) is 5. The van der Waals surface area contributed by atoms with Gasteiger partial charge in [0.05, 0.1) is 12.7 Å². The summed E-state index contributed by atoms with van der Waals surface area (Å²) in [5.74, 6) is 0.770. The van der Waals surface area contributed by atoms with Crippen molar-refractivity contribution in [3.05, 3.63) is 23.3 Å². The Bertz CT molecular complexity index is 882. The predicted octanol–water partition coefficient (Wildman–Crippen LogP) is 4.16. The second-order valence-corrected chi connectivity index (χ2v) is 9.63. The van der Waals surface area contributed by atoms with Crippen molar-refractivity contribution >= 4 is 10.1 Å². The average Bonchev–Trinajstić information content (AvgIpc) is 3.01. The van der Waals surface area contributed by atoms with E-state index in [0.717, 1.165) is 43.4 Å². The van der Waals surface area contributed by atoms with Gasteiger partial charge in [-0.3, -0.25) is 0 Å². The van der Waals surface area contributed by atoms with Crippen LogP contribution in [0.1, 0.15) is 49.7 Å². The van der Waals surface area contributed by atoms with E-state index in [0.29, 0.717) is 18.3 Å². The molecule has 1 heterocycles. The van der Waals surface area contributed by atoms with Crippen LogP contribution in [-0.2, 0) is 21.3 Å². The Balaban J connectivity index is 1.69. The van der Waals surface area contributed by atoms with Crippen molar-refractivity contribution < 1.29 is 35.2 Å². The largest absolute Gasteiger partial charge is 0.534 e. The summed E-state index contributed by atoms with van der Waals surface area (Å²) in [6.45, 7) is 2.94. The van der Waals surface area contributed by atoms with Gasteiger partial charge in [-0.1, -0.05) is 0 Å². The molecule has 3 aliphatic rings. The van der Waals surface area contributed by atoms with E-state index in [4.69, 9.17) is 9.47 Å². The second-order valence-electron chi connectivity index (χ2n) is 8.09. The van der Waals surface area contributed by atoms with E-state index >= 15 is 0 Å². The summed E-state index contributed by atoms with van der Waals surface area (Å²) in [5.41, 5.74) is -3.72. The Labute approximate surface area is 162 Å². The van der Waals surface area contributed by atoms with Crippen molar-refractivity contribution in [3.63, 3.8) is 0 Å². The fourth-order valence-electron chi connectivity index (χ4n) is 5.37. The van der Waals surface area contributed by atoms with Gasteiger partial charge in [0.2, 0.25) is 0 Å². The maximum Gasteiger partial charge on any atom is 0.534 e. The monoisotopic (exact) mass is 420 g/mol. The molecule has 0 bridgehead atoms. The SMILES string of the molecule is COc1cc2c(cc1OS(=O)(=O)C(F)(F)F)CCC1C2CC[C@]2(C)OCCC12. The van der Waals surface area contributed by atoms with Crippen LogP contribution < -0.4 is 8.92 Å². The van der Waals surface area contributed by atoms with Crippen LogP contribution in [0.2, 0.25) is 0 Å². The first-order valence-corrected chi connectivity index (χ1v) is 10.8. The van der Waals surface area contributed by atoms with Crippen molar-refractivity contribution in [2.75, 3.05) is 13.7 Å². The van der Waals surface area contributed by atoms with Crippen molar-refractivity contribution in [1.29, 1.82) is 0 Å². The molecule has 2 aliphatic carbocycles. The van der Waals surface area contributed by atoms with E-state index in [1.165, 1.54) is 13.2 Å². The zero-order chi connectivity index (χ0) is 20.3. The van der Waals surface area contributed by atoms with E-state index in [1.54, 1.807) is 6.07 Å². The number of rotatable bonds is 3. The molecule has 4 rings (SSSR count). The summed E-state index contributed by atoms with van der Waals surface area (Å²) in [7, 11) is -4.46. The lowest BCUT2D eigenvalue weighted by atomic mass is 9.59. The molecular weight excluding hydrogens is 397 g/mol. The van der Waals surface area contributed by atoms with Crippen LogP contribution in [0.25, 0.3) is 0 Å². The zero-order valence-corrected chi connectivity index (χ0v) is 16.5. The minimum atomic E-state index is -5.75. The van der Waals surface area contributed by atoms with Crippen molar-refractivity contribution in [2.24, 2.45) is 11.8 Å². The molecule has 28 heavy (non-hydrogen) atoms. The van der Waals surface area contributed by atoms with E-state index in [-0.39, 0.29) is 17.3 Å². The number of fused-ring (bicyclic) bond motifs is 5. The maximum atomic E-state index is 12.7. The third kappa shape index (κ3) is 3.07. The van der Waals surface area contributed by atoms with Gasteiger partial charge in [-0.2, -0.15) is 21.6 Å². The first-order chi connectivity index (χ1) is 13.1. The Hall–Kier alpha value is -1.48. The van der Waals surface area contributed by atoms with Gasteiger partial charge in [0.15, 0.2) is 11.5 Å². The highest BCUT2D eigenvalue weighted by Crippen LogP contribution is 2.56. The van der Waals surface area contributed by atoms with Crippen molar-refractivity contribution in [1.82, 2.24) is 0 Å². The highest BCUT2D eigenvalue weighted by molar-refractivity contribution is 7.88. The Morgan fingerprint density at radius 1 is 1.18 bits per heavy atom. The molecule has 1 aliphatic heterocycles. The zero-order valence-electron chi connectivity index (χ0n) is 15.7. The summed E-state index contributed by atoms with van der Waals surface area (Å²) in [5, 5.41) is 0. The van der Waals surface area contributed by atoms with Gasteiger partial charge in [0, 0.05) is 6.61 Å². The van der Waals surface area contributed by atoms with Gasteiger partial charge in [0.1, 0.15) is 0 Å². The van der Waals surface area contributed by atoms with Crippen molar-refractivity contribution in [2.45, 2.75) is 56.1 Å². The average molecular weight is 420 g/mol. The lowest BCUT2D eigenvalue weighted by Gasteiger charge is -2.48. The van der Waals surface area contributed by atoms with Gasteiger partial charge in [-0.05, 0) is 80.0 Å². The van der Waals surface area contributed by atoms with E-state index in [1.807, 2.05) is 0 Å². The fourth-order valence-corrected chi connectivity index (χ4v) is 5.83. The minimum absolute atomic E-state index is 0.00299. The third-order valence-electron chi connectivity index (χ3n) is 6.69. The van der Waals surface area contributed by atoms with E-state index in [2.05, 4.69) is 11.1 Å². The lowest BCUT2D eigenvalue weighted by molar-refractivity contribution is -0.0567. The number of halogens is 3. The Morgan fingerprint density at radius 2 is 1.93 bits per heavy atom. The first-order valence-electron chi connectivity index (χ1n) is 9.41. The van der Waals surface area contributed by atoms with Crippen LogP contribution in [0.3, 0.4) is 0 Å². The smallest absolute Gasteiger partial charge is 0.493 e. The maximum absolute atomic E-state index is 12.7. The molecule has 1 saturated heterocycles. The molecule has 5 nitrogen and oxygen atoms in total. The molecular formula is C19H23F3O5S. The molecule has 0 radical (unpaired) electrons. The predicted molar refractivity (Wildman–Crippen MR) is 94.8 cm³/mol. The summed E-state index contributed by atoms with van der Waals surface area (Å²) in [6.07, 6.45) is 4.44. The molecule has 1 saturated carbocycles. The molecule has 0 N–H and O–H groups in total. The van der Waals surface area contributed by atoms with Gasteiger partial charge in [0.25, 0.3) is 0 Å². The van der Waals surface area contributed by atoms with Gasteiger partial charge in [-0.15, -0.1) is 0 Å². The quantitative estimate of drug-likeness (QED) is 0.543. The van der Waals surface area contributed by atoms with E-state index in [9.17, 15) is 21.6 Å². The summed E-state index contributed by atoms with van der Waals surface area (Å²) in [6, 6.07) is 3.05. The normalized spacial score (nSPS) is 32.2. The first kappa shape index (κ1) is 19.8. The summed E-state index contributed by atoms with van der Waals surface area (Å²) >= 11 is 0. The highest BCUT2D eigenvalue weighted by Gasteiger charge is 2.52. The molecule has 0 amide bonds. The topological polar surface area (TPSA) is 61.8 Å². The van der Waals surface area contributed by atoms with E-state index < -0.39 is 21.4 Å².